The van der Waals surface area contributed by atoms with Gasteiger partial charge in [-0.1, -0.05) is 5.16 Å². The molecule has 0 aromatic carbocycles. The van der Waals surface area contributed by atoms with Crippen LogP contribution in [0.25, 0.3) is 0 Å². The summed E-state index contributed by atoms with van der Waals surface area (Å²) in [5.74, 6) is -0.261. The molecule has 0 aliphatic carbocycles. The average Bonchev–Trinajstić information content (AvgIpc) is 2.62. The Morgan fingerprint density at radius 3 is 3.07 bits per heavy atom. The van der Waals surface area contributed by atoms with Crippen molar-refractivity contribution in [3.05, 3.63) is 17.5 Å². The van der Waals surface area contributed by atoms with E-state index >= 15 is 0 Å². The number of aliphatic hydroxyl groups excluding tert-OH is 1. The molecule has 1 amide bonds. The highest BCUT2D eigenvalue weighted by atomic mass is 16.5. The number of aromatic nitrogens is 1. The van der Waals surface area contributed by atoms with Gasteiger partial charge in [-0.3, -0.25) is 4.79 Å². The number of rotatable bonds is 5. The van der Waals surface area contributed by atoms with Gasteiger partial charge in [0.2, 0.25) is 5.76 Å². The van der Waals surface area contributed by atoms with E-state index in [-0.39, 0.29) is 18.9 Å². The highest BCUT2D eigenvalue weighted by Gasteiger charge is 2.12. The smallest absolute Gasteiger partial charge is 0.289 e. The Balaban J connectivity index is 2.36. The van der Waals surface area contributed by atoms with Crippen molar-refractivity contribution in [1.82, 2.24) is 10.5 Å². The minimum absolute atomic E-state index is 0.117. The molecule has 15 heavy (non-hydrogen) atoms. The Labute approximate surface area is 87.2 Å². The van der Waals surface area contributed by atoms with Crippen LogP contribution in [0.5, 0.6) is 0 Å². The first kappa shape index (κ1) is 11.7. The molecule has 0 aliphatic rings. The van der Waals surface area contributed by atoms with Crippen molar-refractivity contribution >= 4 is 5.91 Å². The predicted octanol–water partition coefficient (Wildman–Crippen LogP) is -0.280. The van der Waals surface area contributed by atoms with Crippen LogP contribution in [0, 0.1) is 6.92 Å². The van der Waals surface area contributed by atoms with Gasteiger partial charge in [0.1, 0.15) is 0 Å². The van der Waals surface area contributed by atoms with Gasteiger partial charge in [-0.05, 0) is 6.92 Å². The SMILES string of the molecule is COCC(O)CNC(=O)c1cc(C)no1. The third-order valence-electron chi connectivity index (χ3n) is 1.71. The first-order valence-electron chi connectivity index (χ1n) is 4.52. The number of nitrogens with one attached hydrogen (secondary N) is 1. The number of methoxy groups -OCH3 is 1. The second-order valence-electron chi connectivity index (χ2n) is 3.15. The molecular weight excluding hydrogens is 200 g/mol. The fraction of sp³-hybridized carbons (Fsp3) is 0.556. The van der Waals surface area contributed by atoms with Crippen LogP contribution in [-0.4, -0.2) is 42.5 Å². The molecule has 1 unspecified atom stereocenters. The number of amides is 1. The average molecular weight is 214 g/mol. The van der Waals surface area contributed by atoms with Crippen LogP contribution < -0.4 is 5.32 Å². The van der Waals surface area contributed by atoms with Crippen LogP contribution in [0.4, 0.5) is 0 Å². The Kier molecular flexibility index (Phi) is 4.26. The van der Waals surface area contributed by atoms with Gasteiger partial charge in [0.15, 0.2) is 0 Å². The molecule has 84 valence electrons. The highest BCUT2D eigenvalue weighted by molar-refractivity contribution is 5.91. The van der Waals surface area contributed by atoms with Crippen LogP contribution in [0.15, 0.2) is 10.6 Å². The molecule has 6 heteroatoms. The number of carbonyl (C=O) groups is 1. The molecule has 1 heterocycles. The third-order valence-corrected chi connectivity index (χ3v) is 1.71. The maximum absolute atomic E-state index is 11.4. The fourth-order valence-electron chi connectivity index (χ4n) is 1.02. The second kappa shape index (κ2) is 5.47. The molecule has 0 saturated heterocycles. The normalized spacial score (nSPS) is 12.5. The quantitative estimate of drug-likeness (QED) is 0.704. The van der Waals surface area contributed by atoms with E-state index in [9.17, 15) is 9.90 Å². The molecule has 2 N–H and O–H groups in total. The van der Waals surface area contributed by atoms with E-state index in [2.05, 4.69) is 10.5 Å². The highest BCUT2D eigenvalue weighted by Crippen LogP contribution is 2.01. The maximum Gasteiger partial charge on any atom is 0.289 e. The molecule has 1 aromatic heterocycles. The van der Waals surface area contributed by atoms with Crippen molar-refractivity contribution in [2.45, 2.75) is 13.0 Å². The standard InChI is InChI=1S/C9H14N2O4/c1-6-3-8(15-11-6)9(13)10-4-7(12)5-14-2/h3,7,12H,4-5H2,1-2H3,(H,10,13). The summed E-state index contributed by atoms with van der Waals surface area (Å²) >= 11 is 0. The van der Waals surface area contributed by atoms with Crippen molar-refractivity contribution in [3.8, 4) is 0 Å². The van der Waals surface area contributed by atoms with E-state index in [1.807, 2.05) is 0 Å². The molecule has 1 atom stereocenters. The van der Waals surface area contributed by atoms with E-state index in [0.717, 1.165) is 0 Å². The molecule has 1 rings (SSSR count). The second-order valence-corrected chi connectivity index (χ2v) is 3.15. The number of nitrogens with zero attached hydrogens (tertiary/aromatic N) is 1. The third kappa shape index (κ3) is 3.69. The van der Waals surface area contributed by atoms with Gasteiger partial charge in [0, 0.05) is 19.7 Å². The summed E-state index contributed by atoms with van der Waals surface area (Å²) in [4.78, 5) is 11.4. The number of carbonyl (C=O) groups excluding carboxylic acids is 1. The topological polar surface area (TPSA) is 84.6 Å². The predicted molar refractivity (Wildman–Crippen MR) is 51.5 cm³/mol. The van der Waals surface area contributed by atoms with Gasteiger partial charge < -0.3 is 19.7 Å². The van der Waals surface area contributed by atoms with Gasteiger partial charge >= 0.3 is 0 Å². The molecule has 0 spiro atoms. The zero-order valence-electron chi connectivity index (χ0n) is 8.69. The summed E-state index contributed by atoms with van der Waals surface area (Å²) < 4.78 is 9.45. The zero-order chi connectivity index (χ0) is 11.3. The van der Waals surface area contributed by atoms with Crippen LogP contribution in [0.2, 0.25) is 0 Å². The summed E-state index contributed by atoms with van der Waals surface area (Å²) in [6.07, 6.45) is -0.719. The van der Waals surface area contributed by atoms with E-state index in [4.69, 9.17) is 9.26 Å². The largest absolute Gasteiger partial charge is 0.389 e. The Hall–Kier alpha value is -1.40. The maximum atomic E-state index is 11.4. The van der Waals surface area contributed by atoms with Gasteiger partial charge in [-0.2, -0.15) is 0 Å². The van der Waals surface area contributed by atoms with Crippen molar-refractivity contribution in [3.63, 3.8) is 0 Å². The van der Waals surface area contributed by atoms with Crippen molar-refractivity contribution in [2.75, 3.05) is 20.3 Å². The minimum Gasteiger partial charge on any atom is -0.389 e. The Morgan fingerprint density at radius 2 is 2.53 bits per heavy atom. The van der Waals surface area contributed by atoms with E-state index < -0.39 is 12.0 Å². The molecular formula is C9H14N2O4. The summed E-state index contributed by atoms with van der Waals surface area (Å²) in [6, 6.07) is 1.53. The lowest BCUT2D eigenvalue weighted by atomic mass is 10.3. The van der Waals surface area contributed by atoms with Crippen LogP contribution in [-0.2, 0) is 4.74 Å². The number of aliphatic hydroxyl groups is 1. The van der Waals surface area contributed by atoms with Crippen molar-refractivity contribution < 1.29 is 19.2 Å². The van der Waals surface area contributed by atoms with Gasteiger partial charge in [-0.15, -0.1) is 0 Å². The minimum atomic E-state index is -0.719. The number of hydrogen-bond donors (Lipinski definition) is 2. The van der Waals surface area contributed by atoms with Crippen LogP contribution in [0.3, 0.4) is 0 Å². The number of aryl methyl sites for hydroxylation is 1. The monoisotopic (exact) mass is 214 g/mol. The summed E-state index contributed by atoms with van der Waals surface area (Å²) in [7, 11) is 1.48. The summed E-state index contributed by atoms with van der Waals surface area (Å²) in [6.45, 7) is 2.02. The first-order valence-corrected chi connectivity index (χ1v) is 4.52. The van der Waals surface area contributed by atoms with E-state index in [1.165, 1.54) is 13.2 Å². The van der Waals surface area contributed by atoms with Gasteiger partial charge in [0.25, 0.3) is 5.91 Å². The van der Waals surface area contributed by atoms with Crippen molar-refractivity contribution in [1.29, 1.82) is 0 Å². The lowest BCUT2D eigenvalue weighted by Gasteiger charge is -2.09. The first-order chi connectivity index (χ1) is 7.13. The van der Waals surface area contributed by atoms with Crippen molar-refractivity contribution in [2.24, 2.45) is 0 Å². The summed E-state index contributed by atoms with van der Waals surface area (Å²) in [5, 5.41) is 15.3. The van der Waals surface area contributed by atoms with E-state index in [1.54, 1.807) is 6.92 Å². The van der Waals surface area contributed by atoms with Gasteiger partial charge in [-0.25, -0.2) is 0 Å². The molecule has 0 fully saturated rings. The molecule has 0 saturated carbocycles. The molecule has 0 bridgehead atoms. The Bertz CT molecular complexity index is 324. The zero-order valence-corrected chi connectivity index (χ0v) is 8.69. The van der Waals surface area contributed by atoms with E-state index in [0.29, 0.717) is 5.69 Å². The molecule has 0 aliphatic heterocycles. The summed E-state index contributed by atoms with van der Waals surface area (Å²) in [5.41, 5.74) is 0.637. The lowest BCUT2D eigenvalue weighted by molar-refractivity contribution is 0.0601. The van der Waals surface area contributed by atoms with Gasteiger partial charge in [0.05, 0.1) is 18.4 Å². The fourth-order valence-corrected chi connectivity index (χ4v) is 1.02. The number of ether oxygens (including phenoxy) is 1. The van der Waals surface area contributed by atoms with Crippen LogP contribution >= 0.6 is 0 Å². The lowest BCUT2D eigenvalue weighted by Crippen LogP contribution is -2.34. The van der Waals surface area contributed by atoms with Crippen LogP contribution in [0.1, 0.15) is 16.2 Å². The molecule has 6 nitrogen and oxygen atoms in total. The molecule has 0 radical (unpaired) electrons. The Morgan fingerprint density at radius 1 is 1.80 bits per heavy atom. The number of hydrogen-bond acceptors (Lipinski definition) is 5. The molecule has 1 aromatic rings.